The molecule has 1 amide bonds. The second-order valence-corrected chi connectivity index (χ2v) is 8.16. The van der Waals surface area contributed by atoms with E-state index in [2.05, 4.69) is 34.6 Å². The molecule has 23 heavy (non-hydrogen) atoms. The number of amides is 1. The summed E-state index contributed by atoms with van der Waals surface area (Å²) < 4.78 is 0. The zero-order valence-electron chi connectivity index (χ0n) is 16.5. The second-order valence-electron chi connectivity index (χ2n) is 8.16. The van der Waals surface area contributed by atoms with Crippen LogP contribution in [0.5, 0.6) is 0 Å². The number of carbonyl (C=O) groups excluding carboxylic acids is 1. The maximum absolute atomic E-state index is 11.1. The minimum absolute atomic E-state index is 0.0289. The first kappa shape index (κ1) is 22.2. The van der Waals surface area contributed by atoms with Gasteiger partial charge in [0.15, 0.2) is 0 Å². The average molecular weight is 326 g/mol. The van der Waals surface area contributed by atoms with Crippen molar-refractivity contribution in [2.45, 2.75) is 80.8 Å². The van der Waals surface area contributed by atoms with Crippen LogP contribution in [0.25, 0.3) is 0 Å². The standard InChI is InChI=1S/C10H19NO.C10H20O/c1-6(2)8(5)9(7(3)4)10(11)12;1-7(2)9-5-4-8(3)6-10(9)11/h6-7H,1-5H3,(H2,11,12);7-11H,4-6H2,1-3H3. The molecule has 0 spiro atoms. The summed E-state index contributed by atoms with van der Waals surface area (Å²) in [5, 5.41) is 9.71. The maximum Gasteiger partial charge on any atom is 0.244 e. The highest BCUT2D eigenvalue weighted by Gasteiger charge is 2.28. The highest BCUT2D eigenvalue weighted by atomic mass is 16.3. The minimum atomic E-state index is -0.281. The predicted molar refractivity (Wildman–Crippen MR) is 98.9 cm³/mol. The Morgan fingerprint density at radius 1 is 1.04 bits per heavy atom. The van der Waals surface area contributed by atoms with E-state index >= 15 is 0 Å². The quantitative estimate of drug-likeness (QED) is 0.745. The van der Waals surface area contributed by atoms with Crippen molar-refractivity contribution in [1.29, 1.82) is 0 Å². The molecule has 0 aliphatic heterocycles. The first-order valence-electron chi connectivity index (χ1n) is 9.17. The molecule has 1 aliphatic rings. The lowest BCUT2D eigenvalue weighted by Gasteiger charge is -2.33. The van der Waals surface area contributed by atoms with Gasteiger partial charge in [0.2, 0.25) is 5.91 Å². The number of hydrogen-bond donors (Lipinski definition) is 2. The topological polar surface area (TPSA) is 63.3 Å². The zero-order valence-corrected chi connectivity index (χ0v) is 16.5. The minimum Gasteiger partial charge on any atom is -0.393 e. The van der Waals surface area contributed by atoms with E-state index < -0.39 is 0 Å². The van der Waals surface area contributed by atoms with E-state index in [1.807, 2.05) is 20.8 Å². The fraction of sp³-hybridized carbons (Fsp3) is 0.850. The van der Waals surface area contributed by atoms with Crippen LogP contribution in [-0.2, 0) is 4.79 Å². The Labute approximate surface area is 143 Å². The summed E-state index contributed by atoms with van der Waals surface area (Å²) in [5.74, 6) is 2.29. The lowest BCUT2D eigenvalue weighted by molar-refractivity contribution is -0.115. The van der Waals surface area contributed by atoms with Crippen molar-refractivity contribution in [3.63, 3.8) is 0 Å². The number of allylic oxidation sites excluding steroid dienone is 1. The van der Waals surface area contributed by atoms with E-state index in [1.54, 1.807) is 0 Å². The molecule has 0 saturated heterocycles. The number of hydrogen-bond acceptors (Lipinski definition) is 2. The van der Waals surface area contributed by atoms with Gasteiger partial charge in [-0.15, -0.1) is 0 Å². The molecule has 3 unspecified atom stereocenters. The van der Waals surface area contributed by atoms with Gasteiger partial charge in [-0.2, -0.15) is 0 Å². The Hall–Kier alpha value is -0.830. The van der Waals surface area contributed by atoms with Crippen LogP contribution in [0.15, 0.2) is 11.1 Å². The van der Waals surface area contributed by atoms with Crippen molar-refractivity contribution in [2.24, 2.45) is 35.3 Å². The van der Waals surface area contributed by atoms with Gasteiger partial charge in [0.25, 0.3) is 0 Å². The Balaban J connectivity index is 0.000000422. The molecule has 3 atom stereocenters. The average Bonchev–Trinajstić information content (AvgIpc) is 2.37. The molecule has 3 nitrogen and oxygen atoms in total. The summed E-state index contributed by atoms with van der Waals surface area (Å²) in [6.45, 7) is 16.8. The molecule has 3 heteroatoms. The van der Waals surface area contributed by atoms with Crippen molar-refractivity contribution in [3.05, 3.63) is 11.1 Å². The molecule has 0 bridgehead atoms. The van der Waals surface area contributed by atoms with Gasteiger partial charge in [0, 0.05) is 5.57 Å². The van der Waals surface area contributed by atoms with Gasteiger partial charge >= 0.3 is 0 Å². The third kappa shape index (κ3) is 7.52. The van der Waals surface area contributed by atoms with Gasteiger partial charge in [-0.25, -0.2) is 0 Å². The van der Waals surface area contributed by atoms with E-state index in [0.717, 1.165) is 23.5 Å². The molecule has 1 rings (SSSR count). The summed E-state index contributed by atoms with van der Waals surface area (Å²) in [7, 11) is 0. The predicted octanol–water partition coefficient (Wildman–Crippen LogP) is 4.54. The fourth-order valence-corrected chi connectivity index (χ4v) is 3.40. The van der Waals surface area contributed by atoms with Crippen molar-refractivity contribution in [2.75, 3.05) is 0 Å². The smallest absolute Gasteiger partial charge is 0.244 e. The molecular weight excluding hydrogens is 286 g/mol. The molecular formula is C20H39NO2. The Bertz CT molecular complexity index is 396. The molecule has 0 aromatic heterocycles. The largest absolute Gasteiger partial charge is 0.393 e. The summed E-state index contributed by atoms with van der Waals surface area (Å²) in [4.78, 5) is 11.1. The van der Waals surface area contributed by atoms with Gasteiger partial charge in [-0.3, -0.25) is 4.79 Å². The highest BCUT2D eigenvalue weighted by Crippen LogP contribution is 2.33. The Morgan fingerprint density at radius 3 is 1.83 bits per heavy atom. The highest BCUT2D eigenvalue weighted by molar-refractivity contribution is 5.93. The molecule has 0 radical (unpaired) electrons. The summed E-state index contributed by atoms with van der Waals surface area (Å²) in [6.07, 6.45) is 3.52. The number of aliphatic hydroxyl groups excluding tert-OH is 1. The van der Waals surface area contributed by atoms with E-state index in [4.69, 9.17) is 5.73 Å². The Kier molecular flexibility index (Phi) is 9.76. The molecule has 136 valence electrons. The van der Waals surface area contributed by atoms with Gasteiger partial charge in [-0.1, -0.05) is 60.5 Å². The SMILES string of the molecule is CC(=C(C(N)=O)C(C)C)C(C)C.CC1CCC(C(C)C)C(O)C1. The molecule has 1 fully saturated rings. The lowest BCUT2D eigenvalue weighted by Crippen LogP contribution is -2.31. The molecule has 3 N–H and O–H groups in total. The van der Waals surface area contributed by atoms with Crippen LogP contribution in [-0.4, -0.2) is 17.1 Å². The molecule has 0 aromatic carbocycles. The Morgan fingerprint density at radius 2 is 1.57 bits per heavy atom. The fourth-order valence-electron chi connectivity index (χ4n) is 3.40. The van der Waals surface area contributed by atoms with Gasteiger partial charge in [-0.05, 0) is 49.4 Å². The van der Waals surface area contributed by atoms with Crippen LogP contribution >= 0.6 is 0 Å². The zero-order chi connectivity index (χ0) is 18.3. The third-order valence-corrected chi connectivity index (χ3v) is 5.12. The summed E-state index contributed by atoms with van der Waals surface area (Å²) in [6, 6.07) is 0. The molecule has 1 aliphatic carbocycles. The van der Waals surface area contributed by atoms with Crippen LogP contribution in [0.1, 0.15) is 74.7 Å². The van der Waals surface area contributed by atoms with Crippen LogP contribution in [0, 0.1) is 29.6 Å². The van der Waals surface area contributed by atoms with Crippen LogP contribution in [0.2, 0.25) is 0 Å². The van der Waals surface area contributed by atoms with E-state index in [1.165, 1.54) is 12.8 Å². The first-order valence-corrected chi connectivity index (χ1v) is 9.17. The van der Waals surface area contributed by atoms with Gasteiger partial charge in [0.05, 0.1) is 6.10 Å². The van der Waals surface area contributed by atoms with E-state index in [0.29, 0.717) is 17.8 Å². The van der Waals surface area contributed by atoms with Crippen LogP contribution < -0.4 is 5.73 Å². The molecule has 1 saturated carbocycles. The monoisotopic (exact) mass is 325 g/mol. The van der Waals surface area contributed by atoms with E-state index in [9.17, 15) is 9.90 Å². The molecule has 0 heterocycles. The van der Waals surface area contributed by atoms with Crippen LogP contribution in [0.3, 0.4) is 0 Å². The normalized spacial score (nSPS) is 26.0. The maximum atomic E-state index is 11.1. The first-order chi connectivity index (χ1) is 10.5. The summed E-state index contributed by atoms with van der Waals surface area (Å²) >= 11 is 0. The third-order valence-electron chi connectivity index (χ3n) is 5.12. The van der Waals surface area contributed by atoms with Crippen LogP contribution in [0.4, 0.5) is 0 Å². The number of aliphatic hydroxyl groups is 1. The van der Waals surface area contributed by atoms with Crippen molar-refractivity contribution in [1.82, 2.24) is 0 Å². The van der Waals surface area contributed by atoms with Gasteiger partial charge in [0.1, 0.15) is 0 Å². The van der Waals surface area contributed by atoms with E-state index in [-0.39, 0.29) is 17.9 Å². The van der Waals surface area contributed by atoms with Crippen molar-refractivity contribution < 1.29 is 9.90 Å². The van der Waals surface area contributed by atoms with Crippen molar-refractivity contribution >= 4 is 5.91 Å². The number of rotatable bonds is 4. The van der Waals surface area contributed by atoms with Crippen molar-refractivity contribution in [3.8, 4) is 0 Å². The number of carbonyl (C=O) groups is 1. The number of primary amides is 1. The second kappa shape index (κ2) is 10.1. The lowest BCUT2D eigenvalue weighted by atomic mass is 9.75. The number of nitrogens with two attached hydrogens (primary N) is 1. The summed E-state index contributed by atoms with van der Waals surface area (Å²) in [5.41, 5.74) is 7.17. The van der Waals surface area contributed by atoms with Gasteiger partial charge < -0.3 is 10.8 Å². The molecule has 0 aromatic rings.